The van der Waals surface area contributed by atoms with Crippen LogP contribution in [0, 0.1) is 4.77 Å². The van der Waals surface area contributed by atoms with E-state index in [0.29, 0.717) is 17.2 Å². The molecular weight excluding hydrogens is 382 g/mol. The normalized spacial score (nSPS) is 14.4. The van der Waals surface area contributed by atoms with E-state index in [1.54, 1.807) is 10.9 Å². The monoisotopic (exact) mass is 407 g/mol. The summed E-state index contributed by atoms with van der Waals surface area (Å²) in [6.07, 6.45) is 5.68. The van der Waals surface area contributed by atoms with Gasteiger partial charge in [-0.25, -0.2) is 5.10 Å². The maximum Gasteiger partial charge on any atom is 0.216 e. The molecule has 1 fully saturated rings. The third kappa shape index (κ3) is 4.40. The molecule has 1 aliphatic rings. The van der Waals surface area contributed by atoms with Crippen molar-refractivity contribution in [1.29, 1.82) is 0 Å². The van der Waals surface area contributed by atoms with E-state index in [1.807, 2.05) is 31.2 Å². The van der Waals surface area contributed by atoms with E-state index in [-0.39, 0.29) is 0 Å². The van der Waals surface area contributed by atoms with Crippen LogP contribution < -0.4 is 9.64 Å². The van der Waals surface area contributed by atoms with E-state index in [4.69, 9.17) is 17.0 Å². The van der Waals surface area contributed by atoms with Crippen LogP contribution in [-0.2, 0) is 0 Å². The van der Waals surface area contributed by atoms with Crippen LogP contribution in [0.3, 0.4) is 0 Å². The molecule has 0 unspecified atom stereocenters. The van der Waals surface area contributed by atoms with E-state index >= 15 is 0 Å². The number of ether oxygens (including phenoxy) is 1. The van der Waals surface area contributed by atoms with Crippen molar-refractivity contribution in [2.24, 2.45) is 5.10 Å². The van der Waals surface area contributed by atoms with Gasteiger partial charge in [-0.1, -0.05) is 24.3 Å². The predicted molar refractivity (Wildman–Crippen MR) is 120 cm³/mol. The maximum atomic E-state index is 5.73. The SMILES string of the molecule is CCOc1ccccc1-c1n[nH]c(=S)n1/N=C\c1ccc(N2CCCCC2)cc1. The van der Waals surface area contributed by atoms with Crippen molar-refractivity contribution in [3.8, 4) is 17.1 Å². The largest absolute Gasteiger partial charge is 0.493 e. The molecule has 3 aromatic rings. The van der Waals surface area contributed by atoms with Crippen molar-refractivity contribution in [2.75, 3.05) is 24.6 Å². The highest BCUT2D eigenvalue weighted by Crippen LogP contribution is 2.28. The molecule has 0 aliphatic carbocycles. The van der Waals surface area contributed by atoms with Crippen LogP contribution in [0.4, 0.5) is 5.69 Å². The van der Waals surface area contributed by atoms with Crippen LogP contribution in [0.15, 0.2) is 53.6 Å². The lowest BCUT2D eigenvalue weighted by Crippen LogP contribution is -2.29. The molecule has 0 amide bonds. The summed E-state index contributed by atoms with van der Waals surface area (Å²) in [5.41, 5.74) is 3.13. The van der Waals surface area contributed by atoms with Crippen molar-refractivity contribution in [3.05, 3.63) is 58.9 Å². The molecule has 0 spiro atoms. The highest BCUT2D eigenvalue weighted by molar-refractivity contribution is 7.71. The van der Waals surface area contributed by atoms with Crippen molar-refractivity contribution >= 4 is 24.1 Å². The number of aromatic nitrogens is 3. The minimum Gasteiger partial charge on any atom is -0.493 e. The molecule has 0 atom stereocenters. The van der Waals surface area contributed by atoms with Gasteiger partial charge in [0.1, 0.15) is 5.75 Å². The average molecular weight is 408 g/mol. The number of nitrogens with zero attached hydrogens (tertiary/aromatic N) is 4. The van der Waals surface area contributed by atoms with E-state index in [0.717, 1.165) is 30.0 Å². The molecule has 1 N–H and O–H groups in total. The smallest absolute Gasteiger partial charge is 0.216 e. The highest BCUT2D eigenvalue weighted by atomic mass is 32.1. The minimum absolute atomic E-state index is 0.437. The summed E-state index contributed by atoms with van der Waals surface area (Å²) in [4.78, 5) is 2.44. The number of H-pyrrole nitrogens is 1. The summed E-state index contributed by atoms with van der Waals surface area (Å²) < 4.78 is 7.80. The fourth-order valence-corrected chi connectivity index (χ4v) is 3.73. The van der Waals surface area contributed by atoms with Gasteiger partial charge >= 0.3 is 0 Å². The molecule has 1 saturated heterocycles. The second kappa shape index (κ2) is 9.05. The zero-order chi connectivity index (χ0) is 20.1. The summed E-state index contributed by atoms with van der Waals surface area (Å²) in [5, 5.41) is 11.8. The Kier molecular flexibility index (Phi) is 6.05. The van der Waals surface area contributed by atoms with Gasteiger partial charge in [-0.15, -0.1) is 0 Å². The van der Waals surface area contributed by atoms with E-state index in [2.05, 4.69) is 44.5 Å². The van der Waals surface area contributed by atoms with Gasteiger partial charge in [0.2, 0.25) is 4.77 Å². The molecule has 1 aliphatic heterocycles. The number of para-hydroxylation sites is 1. The summed E-state index contributed by atoms with van der Waals surface area (Å²) in [6.45, 7) is 4.81. The first-order valence-electron chi connectivity index (χ1n) is 10.1. The Hall–Kier alpha value is -2.93. The lowest BCUT2D eigenvalue weighted by Gasteiger charge is -2.28. The van der Waals surface area contributed by atoms with Gasteiger partial charge in [-0.05, 0) is 68.2 Å². The van der Waals surface area contributed by atoms with Crippen molar-refractivity contribution in [2.45, 2.75) is 26.2 Å². The number of hydrogen-bond donors (Lipinski definition) is 1. The maximum absolute atomic E-state index is 5.73. The third-order valence-corrected chi connectivity index (χ3v) is 5.28. The Labute approximate surface area is 175 Å². The van der Waals surface area contributed by atoms with Gasteiger partial charge in [-0.3, -0.25) is 0 Å². The van der Waals surface area contributed by atoms with Gasteiger partial charge in [0.25, 0.3) is 0 Å². The summed E-state index contributed by atoms with van der Waals surface area (Å²) in [7, 11) is 0. The Morgan fingerprint density at radius 2 is 1.86 bits per heavy atom. The first-order chi connectivity index (χ1) is 14.3. The number of hydrogen-bond acceptors (Lipinski definition) is 5. The highest BCUT2D eigenvalue weighted by Gasteiger charge is 2.13. The van der Waals surface area contributed by atoms with Gasteiger partial charge in [0, 0.05) is 18.8 Å². The number of anilines is 1. The van der Waals surface area contributed by atoms with Crippen LogP contribution in [-0.4, -0.2) is 40.8 Å². The molecular formula is C22H25N5OS. The molecule has 2 aromatic carbocycles. The van der Waals surface area contributed by atoms with Crippen molar-refractivity contribution in [1.82, 2.24) is 14.9 Å². The van der Waals surface area contributed by atoms with E-state index in [9.17, 15) is 0 Å². The third-order valence-electron chi connectivity index (χ3n) is 5.01. The number of rotatable bonds is 6. The van der Waals surface area contributed by atoms with Gasteiger partial charge in [0.15, 0.2) is 5.82 Å². The first-order valence-corrected chi connectivity index (χ1v) is 10.5. The fraction of sp³-hybridized carbons (Fsp3) is 0.318. The number of benzene rings is 2. The molecule has 150 valence electrons. The molecule has 0 radical (unpaired) electrons. The molecule has 0 bridgehead atoms. The molecule has 6 nitrogen and oxygen atoms in total. The van der Waals surface area contributed by atoms with Crippen molar-refractivity contribution < 1.29 is 4.74 Å². The molecule has 29 heavy (non-hydrogen) atoms. The second-order valence-electron chi connectivity index (χ2n) is 6.98. The minimum atomic E-state index is 0.437. The summed E-state index contributed by atoms with van der Waals surface area (Å²) in [6, 6.07) is 16.3. The predicted octanol–water partition coefficient (Wildman–Crippen LogP) is 4.88. The lowest BCUT2D eigenvalue weighted by molar-refractivity contribution is 0.341. The van der Waals surface area contributed by atoms with E-state index < -0.39 is 0 Å². The van der Waals surface area contributed by atoms with Crippen LogP contribution in [0.25, 0.3) is 11.4 Å². The number of piperidine rings is 1. The van der Waals surface area contributed by atoms with Crippen molar-refractivity contribution in [3.63, 3.8) is 0 Å². The molecule has 2 heterocycles. The first kappa shape index (κ1) is 19.4. The standard InChI is InChI=1S/C22H25N5OS/c1-2-28-20-9-5-4-8-19(20)21-24-25-22(29)27(21)23-16-17-10-12-18(13-11-17)26-14-6-3-7-15-26/h4-5,8-13,16H,2-3,6-7,14-15H2,1H3,(H,25,29)/b23-16-. The Bertz CT molecular complexity index is 1030. The molecule has 1 aromatic heterocycles. The van der Waals surface area contributed by atoms with Gasteiger partial charge < -0.3 is 9.64 Å². The fourth-order valence-electron chi connectivity index (χ4n) is 3.55. The quantitative estimate of drug-likeness (QED) is 0.467. The van der Waals surface area contributed by atoms with Crippen LogP contribution in [0.2, 0.25) is 0 Å². The van der Waals surface area contributed by atoms with Crippen LogP contribution in [0.1, 0.15) is 31.7 Å². The second-order valence-corrected chi connectivity index (χ2v) is 7.36. The van der Waals surface area contributed by atoms with Crippen LogP contribution in [0.5, 0.6) is 5.75 Å². The van der Waals surface area contributed by atoms with Gasteiger partial charge in [0.05, 0.1) is 18.4 Å². The summed E-state index contributed by atoms with van der Waals surface area (Å²) in [5.74, 6) is 1.38. The Balaban J connectivity index is 1.58. The number of aromatic amines is 1. The Morgan fingerprint density at radius 1 is 1.10 bits per heavy atom. The molecule has 4 rings (SSSR count). The zero-order valence-corrected chi connectivity index (χ0v) is 17.4. The molecule has 0 saturated carbocycles. The Morgan fingerprint density at radius 3 is 2.62 bits per heavy atom. The summed E-state index contributed by atoms with van der Waals surface area (Å²) >= 11 is 5.39. The van der Waals surface area contributed by atoms with E-state index in [1.165, 1.54) is 24.9 Å². The number of nitrogens with one attached hydrogen (secondary N) is 1. The average Bonchev–Trinajstić information content (AvgIpc) is 3.14. The molecule has 7 heteroatoms. The van der Waals surface area contributed by atoms with Crippen LogP contribution >= 0.6 is 12.2 Å². The van der Waals surface area contributed by atoms with Gasteiger partial charge in [-0.2, -0.15) is 14.9 Å². The lowest BCUT2D eigenvalue weighted by atomic mass is 10.1. The topological polar surface area (TPSA) is 58.4 Å². The zero-order valence-electron chi connectivity index (χ0n) is 16.5.